The van der Waals surface area contributed by atoms with Crippen molar-refractivity contribution in [2.45, 2.75) is 154 Å². The van der Waals surface area contributed by atoms with Crippen molar-refractivity contribution in [1.29, 1.82) is 0 Å². The van der Waals surface area contributed by atoms with Crippen LogP contribution in [-0.2, 0) is 21.7 Å². The van der Waals surface area contributed by atoms with Gasteiger partial charge in [-0.05, 0) is 51.4 Å². The van der Waals surface area contributed by atoms with Crippen molar-refractivity contribution >= 4 is 0 Å². The Morgan fingerprint density at radius 1 is 0.146 bits per heavy atom. The summed E-state index contributed by atoms with van der Waals surface area (Å²) in [4.78, 5) is 0. The molecule has 0 saturated heterocycles. The molecule has 0 unspecified atom stereocenters. The number of aliphatic hydroxyl groups is 8. The third-order valence-electron chi connectivity index (χ3n) is 6.26. The first-order valence-electron chi connectivity index (χ1n) is 16.5. The SMILES string of the molecule is OCCCCCCCCO.OCCCCCCCCO.OCCCCCCCCO.OCCCCCCCCO.[Ti]. The standard InChI is InChI=1S/4C8H18O2.Ti/c4*9-7-5-3-1-2-4-6-8-10;/h4*9-10H,1-8H2;. The van der Waals surface area contributed by atoms with Crippen molar-refractivity contribution in [3.8, 4) is 0 Å². The molecule has 0 aliphatic carbocycles. The van der Waals surface area contributed by atoms with Crippen LogP contribution in [0.2, 0.25) is 0 Å². The fraction of sp³-hybridized carbons (Fsp3) is 1.00. The summed E-state index contributed by atoms with van der Waals surface area (Å²) in [5.41, 5.74) is 0. The van der Waals surface area contributed by atoms with E-state index in [1.807, 2.05) is 0 Å². The molecule has 0 fully saturated rings. The summed E-state index contributed by atoms with van der Waals surface area (Å²) in [6.07, 6.45) is 26.0. The van der Waals surface area contributed by atoms with Gasteiger partial charge < -0.3 is 40.9 Å². The van der Waals surface area contributed by atoms with Crippen LogP contribution in [0.25, 0.3) is 0 Å². The van der Waals surface area contributed by atoms with Crippen molar-refractivity contribution < 1.29 is 62.6 Å². The van der Waals surface area contributed by atoms with Crippen molar-refractivity contribution in [1.82, 2.24) is 0 Å². The Morgan fingerprint density at radius 2 is 0.220 bits per heavy atom. The van der Waals surface area contributed by atoms with Crippen LogP contribution in [0, 0.1) is 0 Å². The van der Waals surface area contributed by atoms with E-state index in [1.54, 1.807) is 0 Å². The molecule has 0 aliphatic rings. The van der Waals surface area contributed by atoms with Crippen LogP contribution in [-0.4, -0.2) is 93.7 Å². The van der Waals surface area contributed by atoms with Gasteiger partial charge in [0.1, 0.15) is 0 Å². The van der Waals surface area contributed by atoms with Crippen LogP contribution in [0.4, 0.5) is 0 Å². The normalized spacial score (nSPS) is 9.95. The van der Waals surface area contributed by atoms with E-state index in [-0.39, 0.29) is 21.7 Å². The molecule has 252 valence electrons. The second-order valence-corrected chi connectivity index (χ2v) is 10.3. The fourth-order valence-corrected chi connectivity index (χ4v) is 3.72. The average Bonchev–Trinajstić information content (AvgIpc) is 2.97. The van der Waals surface area contributed by atoms with E-state index in [4.69, 9.17) is 40.9 Å². The summed E-state index contributed by atoms with van der Waals surface area (Å²) in [6, 6.07) is 0. The molecule has 0 saturated carbocycles. The van der Waals surface area contributed by atoms with Gasteiger partial charge >= 0.3 is 0 Å². The molecule has 9 heteroatoms. The molecule has 0 aromatic carbocycles. The van der Waals surface area contributed by atoms with Crippen LogP contribution in [0.1, 0.15) is 154 Å². The van der Waals surface area contributed by atoms with E-state index < -0.39 is 0 Å². The van der Waals surface area contributed by atoms with Crippen molar-refractivity contribution in [2.24, 2.45) is 0 Å². The third-order valence-corrected chi connectivity index (χ3v) is 6.26. The van der Waals surface area contributed by atoms with Crippen LogP contribution in [0.15, 0.2) is 0 Å². The monoisotopic (exact) mass is 632 g/mol. The summed E-state index contributed by atoms with van der Waals surface area (Å²) in [5.74, 6) is 0. The summed E-state index contributed by atoms with van der Waals surface area (Å²) in [6.45, 7) is 2.56. The molecule has 0 atom stereocenters. The van der Waals surface area contributed by atoms with Gasteiger partial charge in [0.05, 0.1) is 0 Å². The zero-order chi connectivity index (χ0) is 30.6. The van der Waals surface area contributed by atoms with Crippen molar-refractivity contribution in [2.75, 3.05) is 52.9 Å². The van der Waals surface area contributed by atoms with Crippen molar-refractivity contribution in [3.05, 3.63) is 0 Å². The van der Waals surface area contributed by atoms with Gasteiger partial charge in [0.15, 0.2) is 0 Å². The van der Waals surface area contributed by atoms with Crippen LogP contribution in [0.3, 0.4) is 0 Å². The van der Waals surface area contributed by atoms with E-state index in [0.717, 1.165) is 103 Å². The molecular weight excluding hydrogens is 560 g/mol. The first kappa shape index (κ1) is 51.0. The number of rotatable bonds is 28. The molecule has 0 radical (unpaired) electrons. The van der Waals surface area contributed by atoms with Gasteiger partial charge in [0.2, 0.25) is 0 Å². The smallest absolute Gasteiger partial charge is 0.0431 e. The van der Waals surface area contributed by atoms with E-state index in [2.05, 4.69) is 0 Å². The van der Waals surface area contributed by atoms with Crippen LogP contribution >= 0.6 is 0 Å². The predicted molar refractivity (Wildman–Crippen MR) is 167 cm³/mol. The Hall–Kier alpha value is 0.394. The molecule has 8 N–H and O–H groups in total. The molecule has 8 nitrogen and oxygen atoms in total. The van der Waals surface area contributed by atoms with Crippen LogP contribution in [0.5, 0.6) is 0 Å². The van der Waals surface area contributed by atoms with E-state index in [1.165, 1.54) is 51.4 Å². The first-order valence-corrected chi connectivity index (χ1v) is 16.5. The van der Waals surface area contributed by atoms with E-state index >= 15 is 0 Å². The Labute approximate surface area is 268 Å². The quantitative estimate of drug-likeness (QED) is 0.0429. The first-order chi connectivity index (χ1) is 19.7. The molecule has 0 amide bonds. The Kier molecular flexibility index (Phi) is 74.3. The minimum atomic E-state index is 0. The van der Waals surface area contributed by atoms with Crippen molar-refractivity contribution in [3.63, 3.8) is 0 Å². The third kappa shape index (κ3) is 73.9. The summed E-state index contributed by atoms with van der Waals surface area (Å²) < 4.78 is 0. The molecule has 0 rings (SSSR count). The molecular formula is C32H72O8Ti. The second-order valence-electron chi connectivity index (χ2n) is 10.3. The summed E-state index contributed by atoms with van der Waals surface area (Å²) in [7, 11) is 0. The maximum Gasteiger partial charge on any atom is 0.0431 e. The Bertz CT molecular complexity index is 260. The van der Waals surface area contributed by atoms with Gasteiger partial charge in [-0.1, -0.05) is 103 Å². The van der Waals surface area contributed by atoms with Gasteiger partial charge in [-0.3, -0.25) is 0 Å². The van der Waals surface area contributed by atoms with Crippen LogP contribution < -0.4 is 0 Å². The number of hydrogen-bond donors (Lipinski definition) is 8. The van der Waals surface area contributed by atoms with E-state index in [0.29, 0.717) is 52.9 Å². The largest absolute Gasteiger partial charge is 0.396 e. The Balaban J connectivity index is -0.000000139. The topological polar surface area (TPSA) is 162 Å². The number of unbranched alkanes of at least 4 members (excludes halogenated alkanes) is 20. The summed E-state index contributed by atoms with van der Waals surface area (Å²) >= 11 is 0. The minimum absolute atomic E-state index is 0. The van der Waals surface area contributed by atoms with E-state index in [9.17, 15) is 0 Å². The maximum absolute atomic E-state index is 8.43. The van der Waals surface area contributed by atoms with Gasteiger partial charge in [-0.15, -0.1) is 0 Å². The second kappa shape index (κ2) is 59.7. The predicted octanol–water partition coefficient (Wildman–Crippen LogP) is 5.24. The van der Waals surface area contributed by atoms with Gasteiger partial charge in [0.25, 0.3) is 0 Å². The molecule has 41 heavy (non-hydrogen) atoms. The molecule has 0 aromatic heterocycles. The van der Waals surface area contributed by atoms with Gasteiger partial charge in [-0.25, -0.2) is 0 Å². The maximum atomic E-state index is 8.43. The zero-order valence-electron chi connectivity index (χ0n) is 26.7. The zero-order valence-corrected chi connectivity index (χ0v) is 28.3. The molecule has 0 aliphatic heterocycles. The van der Waals surface area contributed by atoms with Gasteiger partial charge in [-0.2, -0.15) is 0 Å². The fourth-order valence-electron chi connectivity index (χ4n) is 3.72. The average molecular weight is 633 g/mol. The molecule has 0 heterocycles. The molecule has 0 bridgehead atoms. The Morgan fingerprint density at radius 3 is 0.293 bits per heavy atom. The number of hydrogen-bond acceptors (Lipinski definition) is 8. The molecule has 0 spiro atoms. The summed E-state index contributed by atoms with van der Waals surface area (Å²) in [5, 5.41) is 67.4. The molecule has 0 aromatic rings. The van der Waals surface area contributed by atoms with Gasteiger partial charge in [0, 0.05) is 74.6 Å². The number of aliphatic hydroxyl groups excluding tert-OH is 8. The minimum Gasteiger partial charge on any atom is -0.396 e.